The van der Waals surface area contributed by atoms with Gasteiger partial charge in [0.1, 0.15) is 0 Å². The maximum atomic E-state index is 11.8. The van der Waals surface area contributed by atoms with Crippen LogP contribution in [0.3, 0.4) is 0 Å². The summed E-state index contributed by atoms with van der Waals surface area (Å²) < 4.78 is 4.99. The SMILES string of the molecule is COCc1csc(NC(=O)NCC(C)c2nc(C)cs2)n1. The van der Waals surface area contributed by atoms with E-state index < -0.39 is 0 Å². The number of aromatic nitrogens is 2. The number of nitrogens with one attached hydrogen (secondary N) is 2. The first-order chi connectivity index (χ1) is 10.1. The molecular weight excluding hydrogens is 308 g/mol. The molecule has 0 aromatic carbocycles. The van der Waals surface area contributed by atoms with E-state index in [9.17, 15) is 4.79 Å². The van der Waals surface area contributed by atoms with Crippen molar-refractivity contribution in [3.8, 4) is 0 Å². The maximum Gasteiger partial charge on any atom is 0.321 e. The summed E-state index contributed by atoms with van der Waals surface area (Å²) in [4.78, 5) is 20.5. The summed E-state index contributed by atoms with van der Waals surface area (Å²) in [7, 11) is 1.61. The Morgan fingerprint density at radius 3 is 2.86 bits per heavy atom. The zero-order valence-corrected chi connectivity index (χ0v) is 13.8. The van der Waals surface area contributed by atoms with Crippen molar-refractivity contribution < 1.29 is 9.53 Å². The van der Waals surface area contributed by atoms with Gasteiger partial charge in [0, 0.05) is 36.0 Å². The fourth-order valence-corrected chi connectivity index (χ4v) is 3.20. The van der Waals surface area contributed by atoms with Crippen LogP contribution in [0, 0.1) is 6.92 Å². The molecule has 0 bridgehead atoms. The van der Waals surface area contributed by atoms with Crippen molar-refractivity contribution in [3.63, 3.8) is 0 Å². The minimum Gasteiger partial charge on any atom is -0.378 e. The molecule has 0 radical (unpaired) electrons. The number of ether oxygens (including phenoxy) is 1. The molecule has 2 N–H and O–H groups in total. The molecule has 0 spiro atoms. The van der Waals surface area contributed by atoms with Crippen LogP contribution in [0.4, 0.5) is 9.93 Å². The van der Waals surface area contributed by atoms with E-state index >= 15 is 0 Å². The van der Waals surface area contributed by atoms with E-state index in [2.05, 4.69) is 20.6 Å². The molecule has 0 saturated carbocycles. The molecule has 0 aliphatic rings. The van der Waals surface area contributed by atoms with Gasteiger partial charge in [-0.05, 0) is 6.92 Å². The fraction of sp³-hybridized carbons (Fsp3) is 0.462. The smallest absolute Gasteiger partial charge is 0.321 e. The lowest BCUT2D eigenvalue weighted by Crippen LogP contribution is -2.31. The van der Waals surface area contributed by atoms with Crippen molar-refractivity contribution in [2.45, 2.75) is 26.4 Å². The fourth-order valence-electron chi connectivity index (χ4n) is 1.65. The summed E-state index contributed by atoms with van der Waals surface area (Å²) in [5, 5.41) is 11.0. The second kappa shape index (κ2) is 7.48. The van der Waals surface area contributed by atoms with Gasteiger partial charge in [0.05, 0.1) is 17.3 Å². The Balaban J connectivity index is 1.78. The molecular formula is C13H18N4O2S2. The molecule has 2 heterocycles. The number of hydrogen-bond donors (Lipinski definition) is 2. The highest BCUT2D eigenvalue weighted by molar-refractivity contribution is 7.13. The molecule has 6 nitrogen and oxygen atoms in total. The predicted molar refractivity (Wildman–Crippen MR) is 85.1 cm³/mol. The number of amides is 2. The van der Waals surface area contributed by atoms with Crippen molar-refractivity contribution in [3.05, 3.63) is 27.2 Å². The average Bonchev–Trinajstić information content (AvgIpc) is 3.06. The molecule has 0 saturated heterocycles. The number of aryl methyl sites for hydroxylation is 1. The van der Waals surface area contributed by atoms with Crippen molar-refractivity contribution in [2.75, 3.05) is 19.0 Å². The normalized spacial score (nSPS) is 12.1. The Bertz CT molecular complexity index is 597. The summed E-state index contributed by atoms with van der Waals surface area (Å²) in [6.07, 6.45) is 0. The van der Waals surface area contributed by atoms with Crippen LogP contribution < -0.4 is 10.6 Å². The lowest BCUT2D eigenvalue weighted by Gasteiger charge is -2.10. The Morgan fingerprint density at radius 2 is 2.19 bits per heavy atom. The number of hydrogen-bond acceptors (Lipinski definition) is 6. The van der Waals surface area contributed by atoms with Crippen LogP contribution in [0.5, 0.6) is 0 Å². The summed E-state index contributed by atoms with van der Waals surface area (Å²) in [6.45, 7) is 4.99. The van der Waals surface area contributed by atoms with E-state index in [-0.39, 0.29) is 11.9 Å². The van der Waals surface area contributed by atoms with Gasteiger partial charge in [-0.15, -0.1) is 22.7 Å². The molecule has 0 aliphatic carbocycles. The van der Waals surface area contributed by atoms with Gasteiger partial charge in [0.25, 0.3) is 0 Å². The third-order valence-corrected chi connectivity index (χ3v) is 4.69. The molecule has 2 aromatic rings. The molecule has 8 heteroatoms. The van der Waals surface area contributed by atoms with Gasteiger partial charge in [-0.25, -0.2) is 14.8 Å². The number of anilines is 1. The van der Waals surface area contributed by atoms with E-state index in [0.717, 1.165) is 16.4 Å². The first kappa shape index (κ1) is 15.9. The molecule has 1 atom stereocenters. The van der Waals surface area contributed by atoms with Crippen LogP contribution in [0.15, 0.2) is 10.8 Å². The van der Waals surface area contributed by atoms with E-state index in [4.69, 9.17) is 4.74 Å². The van der Waals surface area contributed by atoms with Crippen molar-refractivity contribution >= 4 is 33.8 Å². The topological polar surface area (TPSA) is 76.1 Å². The highest BCUT2D eigenvalue weighted by Gasteiger charge is 2.12. The Kier molecular flexibility index (Phi) is 5.66. The molecule has 2 aromatic heterocycles. The minimum absolute atomic E-state index is 0.190. The summed E-state index contributed by atoms with van der Waals surface area (Å²) in [5.41, 5.74) is 1.82. The number of nitrogens with zero attached hydrogens (tertiary/aromatic N) is 2. The van der Waals surface area contributed by atoms with E-state index in [1.807, 2.05) is 24.6 Å². The first-order valence-corrected chi connectivity index (χ1v) is 8.24. The quantitative estimate of drug-likeness (QED) is 0.855. The third kappa shape index (κ3) is 4.76. The lowest BCUT2D eigenvalue weighted by molar-refractivity contribution is 0.182. The highest BCUT2D eigenvalue weighted by Crippen LogP contribution is 2.19. The second-order valence-electron chi connectivity index (χ2n) is 4.64. The van der Waals surface area contributed by atoms with Crippen LogP contribution in [-0.2, 0) is 11.3 Å². The van der Waals surface area contributed by atoms with Crippen molar-refractivity contribution in [1.29, 1.82) is 0 Å². The average molecular weight is 326 g/mol. The van der Waals surface area contributed by atoms with Gasteiger partial charge in [0.15, 0.2) is 5.13 Å². The van der Waals surface area contributed by atoms with Gasteiger partial charge in [0.2, 0.25) is 0 Å². The number of methoxy groups -OCH3 is 1. The van der Waals surface area contributed by atoms with Gasteiger partial charge in [-0.1, -0.05) is 6.92 Å². The predicted octanol–water partition coefficient (Wildman–Crippen LogP) is 2.98. The number of carbonyl (C=O) groups excluding carboxylic acids is 1. The molecule has 21 heavy (non-hydrogen) atoms. The second-order valence-corrected chi connectivity index (χ2v) is 6.39. The lowest BCUT2D eigenvalue weighted by atomic mass is 10.2. The molecule has 2 rings (SSSR count). The standard InChI is InChI=1S/C13H18N4O2S2/c1-8(11-15-9(2)6-20-11)4-14-12(18)17-13-16-10(5-19-3)7-21-13/h6-8H,4-5H2,1-3H3,(H2,14,16,17,18). The number of carbonyl (C=O) groups is 1. The monoisotopic (exact) mass is 326 g/mol. The van der Waals surface area contributed by atoms with Crippen LogP contribution in [-0.4, -0.2) is 29.7 Å². The summed E-state index contributed by atoms with van der Waals surface area (Å²) in [6, 6.07) is -0.256. The maximum absolute atomic E-state index is 11.8. The Hall–Kier alpha value is -1.51. The zero-order valence-electron chi connectivity index (χ0n) is 12.2. The van der Waals surface area contributed by atoms with Crippen LogP contribution in [0.2, 0.25) is 0 Å². The number of rotatable bonds is 6. The largest absolute Gasteiger partial charge is 0.378 e. The third-order valence-electron chi connectivity index (χ3n) is 2.69. The number of urea groups is 1. The van der Waals surface area contributed by atoms with Crippen molar-refractivity contribution in [1.82, 2.24) is 15.3 Å². The van der Waals surface area contributed by atoms with E-state index in [1.54, 1.807) is 18.4 Å². The van der Waals surface area contributed by atoms with Crippen LogP contribution in [0.1, 0.15) is 29.2 Å². The Morgan fingerprint density at radius 1 is 1.38 bits per heavy atom. The molecule has 1 unspecified atom stereocenters. The van der Waals surface area contributed by atoms with E-state index in [1.165, 1.54) is 11.3 Å². The highest BCUT2D eigenvalue weighted by atomic mass is 32.1. The van der Waals surface area contributed by atoms with Gasteiger partial charge < -0.3 is 10.1 Å². The van der Waals surface area contributed by atoms with Gasteiger partial charge in [-0.3, -0.25) is 5.32 Å². The number of thiazole rings is 2. The van der Waals surface area contributed by atoms with E-state index in [0.29, 0.717) is 18.3 Å². The molecule has 0 aliphatic heterocycles. The molecule has 0 fully saturated rings. The molecule has 2 amide bonds. The van der Waals surface area contributed by atoms with Gasteiger partial charge in [-0.2, -0.15) is 0 Å². The minimum atomic E-state index is -0.256. The first-order valence-electron chi connectivity index (χ1n) is 6.48. The molecule has 114 valence electrons. The van der Waals surface area contributed by atoms with Crippen LogP contribution >= 0.6 is 22.7 Å². The van der Waals surface area contributed by atoms with Crippen LogP contribution in [0.25, 0.3) is 0 Å². The van der Waals surface area contributed by atoms with Crippen molar-refractivity contribution in [2.24, 2.45) is 0 Å². The van der Waals surface area contributed by atoms with Gasteiger partial charge >= 0.3 is 6.03 Å². The summed E-state index contributed by atoms with van der Waals surface area (Å²) in [5.74, 6) is 0.190. The summed E-state index contributed by atoms with van der Waals surface area (Å²) >= 11 is 2.99. The Labute approximate surface area is 131 Å². The zero-order chi connectivity index (χ0) is 15.2.